The minimum absolute atomic E-state index is 0.138. The molecule has 0 atom stereocenters. The lowest BCUT2D eigenvalue weighted by Gasteiger charge is -2.26. The molecular weight excluding hydrogens is 264 g/mol. The molecule has 1 aliphatic carbocycles. The number of nitrogens with zero attached hydrogens (tertiary/aromatic N) is 1. The molecule has 112 valence electrons. The van der Waals surface area contributed by atoms with Gasteiger partial charge in [0.15, 0.2) is 0 Å². The molecule has 0 bridgehead atoms. The number of aromatic nitrogens is 1. The summed E-state index contributed by atoms with van der Waals surface area (Å²) in [5.41, 5.74) is 2.57. The molecule has 1 aromatic heterocycles. The minimum atomic E-state index is -0.637. The van der Waals surface area contributed by atoms with Gasteiger partial charge in [0.05, 0.1) is 5.92 Å². The Hall–Kier alpha value is -1.81. The van der Waals surface area contributed by atoms with Gasteiger partial charge in [-0.2, -0.15) is 0 Å². The third-order valence-corrected chi connectivity index (χ3v) is 4.64. The monoisotopic (exact) mass is 286 g/mol. The molecular formula is C17H22N2O2. The van der Waals surface area contributed by atoms with Crippen LogP contribution in [0.4, 0.5) is 0 Å². The van der Waals surface area contributed by atoms with Crippen molar-refractivity contribution in [3.63, 3.8) is 0 Å². The largest absolute Gasteiger partial charge is 0.481 e. The Kier molecular flexibility index (Phi) is 3.97. The maximum Gasteiger partial charge on any atom is 0.306 e. The Bertz CT molecular complexity index is 639. The summed E-state index contributed by atoms with van der Waals surface area (Å²) in [5, 5.41) is 13.9. The second-order valence-corrected chi connectivity index (χ2v) is 6.05. The third-order valence-electron chi connectivity index (χ3n) is 4.64. The first-order valence-electron chi connectivity index (χ1n) is 7.64. The topological polar surface area (TPSA) is 54.3 Å². The van der Waals surface area contributed by atoms with E-state index in [0.29, 0.717) is 6.04 Å². The number of carboxylic acid groups (broad SMARTS) is 1. The normalized spacial score (nSPS) is 22.5. The van der Waals surface area contributed by atoms with Gasteiger partial charge in [-0.05, 0) is 37.3 Å². The van der Waals surface area contributed by atoms with E-state index in [-0.39, 0.29) is 5.92 Å². The number of nitrogens with one attached hydrogen (secondary N) is 1. The molecule has 2 N–H and O–H groups in total. The van der Waals surface area contributed by atoms with Gasteiger partial charge in [0.1, 0.15) is 0 Å². The van der Waals surface area contributed by atoms with Crippen LogP contribution in [0.1, 0.15) is 31.2 Å². The number of benzene rings is 1. The van der Waals surface area contributed by atoms with Crippen molar-refractivity contribution in [2.45, 2.75) is 38.3 Å². The van der Waals surface area contributed by atoms with Crippen LogP contribution < -0.4 is 5.32 Å². The molecule has 4 heteroatoms. The lowest BCUT2D eigenvalue weighted by Crippen LogP contribution is -2.34. The van der Waals surface area contributed by atoms with Gasteiger partial charge in [-0.3, -0.25) is 4.79 Å². The van der Waals surface area contributed by atoms with Gasteiger partial charge in [0.25, 0.3) is 0 Å². The zero-order chi connectivity index (χ0) is 14.8. The second kappa shape index (κ2) is 5.90. The smallest absolute Gasteiger partial charge is 0.306 e. The van der Waals surface area contributed by atoms with Crippen LogP contribution in [0.3, 0.4) is 0 Å². The fourth-order valence-electron chi connectivity index (χ4n) is 3.37. The van der Waals surface area contributed by atoms with Crippen molar-refractivity contribution in [2.75, 3.05) is 0 Å². The van der Waals surface area contributed by atoms with Crippen molar-refractivity contribution in [1.29, 1.82) is 0 Å². The molecule has 0 radical (unpaired) electrons. The van der Waals surface area contributed by atoms with Gasteiger partial charge in [-0.15, -0.1) is 0 Å². The van der Waals surface area contributed by atoms with Crippen LogP contribution in [0.25, 0.3) is 10.9 Å². The standard InChI is InChI=1S/C17H22N2O2/c1-19-11-13(15-4-2-3-5-16(15)19)10-18-14-8-6-12(7-9-14)17(20)21/h2-5,11-12,14,18H,6-10H2,1H3,(H,20,21). The summed E-state index contributed by atoms with van der Waals surface area (Å²) in [6, 6.07) is 8.88. The maximum atomic E-state index is 11.0. The summed E-state index contributed by atoms with van der Waals surface area (Å²) in [5.74, 6) is -0.775. The van der Waals surface area contributed by atoms with E-state index in [2.05, 4.69) is 47.4 Å². The number of rotatable bonds is 4. The van der Waals surface area contributed by atoms with E-state index in [1.807, 2.05) is 0 Å². The number of fused-ring (bicyclic) bond motifs is 1. The van der Waals surface area contributed by atoms with Crippen molar-refractivity contribution in [1.82, 2.24) is 9.88 Å². The molecule has 1 heterocycles. The Labute approximate surface area is 124 Å². The summed E-state index contributed by atoms with van der Waals surface area (Å²) in [7, 11) is 2.07. The number of carboxylic acids is 1. The average Bonchev–Trinajstić information content (AvgIpc) is 2.83. The quantitative estimate of drug-likeness (QED) is 0.908. The van der Waals surface area contributed by atoms with Gasteiger partial charge in [-0.25, -0.2) is 0 Å². The number of hydrogen-bond donors (Lipinski definition) is 2. The highest BCUT2D eigenvalue weighted by molar-refractivity contribution is 5.83. The van der Waals surface area contributed by atoms with Crippen LogP contribution >= 0.6 is 0 Å². The molecule has 1 aliphatic rings. The molecule has 1 saturated carbocycles. The van der Waals surface area contributed by atoms with Crippen molar-refractivity contribution >= 4 is 16.9 Å². The molecule has 0 amide bonds. The first-order valence-corrected chi connectivity index (χ1v) is 7.64. The first-order chi connectivity index (χ1) is 10.1. The van der Waals surface area contributed by atoms with Crippen LogP contribution in [0.2, 0.25) is 0 Å². The van der Waals surface area contributed by atoms with Crippen LogP contribution in [-0.2, 0) is 18.4 Å². The minimum Gasteiger partial charge on any atom is -0.481 e. The number of aryl methyl sites for hydroxylation is 1. The Balaban J connectivity index is 1.61. The number of para-hydroxylation sites is 1. The molecule has 0 aliphatic heterocycles. The predicted octanol–water partition coefficient (Wildman–Crippen LogP) is 2.91. The zero-order valence-electron chi connectivity index (χ0n) is 12.4. The summed E-state index contributed by atoms with van der Waals surface area (Å²) in [6.07, 6.45) is 5.69. The Morgan fingerprint density at radius 3 is 2.71 bits per heavy atom. The summed E-state index contributed by atoms with van der Waals surface area (Å²) in [6.45, 7) is 0.851. The van der Waals surface area contributed by atoms with Gasteiger partial charge in [-0.1, -0.05) is 18.2 Å². The fourth-order valence-corrected chi connectivity index (χ4v) is 3.37. The highest BCUT2D eigenvalue weighted by Crippen LogP contribution is 2.25. The number of carbonyl (C=O) groups is 1. The van der Waals surface area contributed by atoms with E-state index < -0.39 is 5.97 Å². The third kappa shape index (κ3) is 2.95. The van der Waals surface area contributed by atoms with Crippen molar-refractivity contribution in [3.8, 4) is 0 Å². The second-order valence-electron chi connectivity index (χ2n) is 6.05. The van der Waals surface area contributed by atoms with Gasteiger partial charge in [0.2, 0.25) is 0 Å². The van der Waals surface area contributed by atoms with E-state index in [0.717, 1.165) is 32.2 Å². The first kappa shape index (κ1) is 14.1. The van der Waals surface area contributed by atoms with Crippen molar-refractivity contribution in [3.05, 3.63) is 36.0 Å². The molecule has 3 rings (SSSR count). The van der Waals surface area contributed by atoms with Gasteiger partial charge >= 0.3 is 5.97 Å². The van der Waals surface area contributed by atoms with E-state index in [1.165, 1.54) is 16.5 Å². The highest BCUT2D eigenvalue weighted by Gasteiger charge is 2.25. The van der Waals surface area contributed by atoms with Crippen LogP contribution in [0, 0.1) is 5.92 Å². The fraction of sp³-hybridized carbons (Fsp3) is 0.471. The molecule has 2 aromatic rings. The molecule has 0 spiro atoms. The van der Waals surface area contributed by atoms with Crippen molar-refractivity contribution < 1.29 is 9.90 Å². The van der Waals surface area contributed by atoms with Crippen LogP contribution in [0.5, 0.6) is 0 Å². The Morgan fingerprint density at radius 2 is 2.00 bits per heavy atom. The van der Waals surface area contributed by atoms with Gasteiger partial charge in [0, 0.05) is 36.7 Å². The highest BCUT2D eigenvalue weighted by atomic mass is 16.4. The number of hydrogen-bond acceptors (Lipinski definition) is 2. The molecule has 0 saturated heterocycles. The lowest BCUT2D eigenvalue weighted by atomic mass is 9.86. The van der Waals surface area contributed by atoms with Crippen molar-refractivity contribution in [2.24, 2.45) is 13.0 Å². The van der Waals surface area contributed by atoms with Gasteiger partial charge < -0.3 is 15.0 Å². The summed E-state index contributed by atoms with van der Waals surface area (Å²) >= 11 is 0. The summed E-state index contributed by atoms with van der Waals surface area (Å²) in [4.78, 5) is 11.0. The maximum absolute atomic E-state index is 11.0. The van der Waals surface area contributed by atoms with Crippen LogP contribution in [0.15, 0.2) is 30.5 Å². The van der Waals surface area contributed by atoms with E-state index in [4.69, 9.17) is 5.11 Å². The average molecular weight is 286 g/mol. The predicted molar refractivity (Wildman–Crippen MR) is 83.1 cm³/mol. The number of aliphatic carboxylic acids is 1. The lowest BCUT2D eigenvalue weighted by molar-refractivity contribution is -0.142. The van der Waals surface area contributed by atoms with E-state index >= 15 is 0 Å². The molecule has 21 heavy (non-hydrogen) atoms. The summed E-state index contributed by atoms with van der Waals surface area (Å²) < 4.78 is 2.16. The molecule has 1 fully saturated rings. The molecule has 4 nitrogen and oxygen atoms in total. The van der Waals surface area contributed by atoms with E-state index in [1.54, 1.807) is 0 Å². The zero-order valence-corrected chi connectivity index (χ0v) is 12.4. The molecule has 1 aromatic carbocycles. The van der Waals surface area contributed by atoms with E-state index in [9.17, 15) is 4.79 Å². The molecule has 0 unspecified atom stereocenters. The van der Waals surface area contributed by atoms with Crippen LogP contribution in [-0.4, -0.2) is 21.7 Å². The Morgan fingerprint density at radius 1 is 1.29 bits per heavy atom. The SMILES string of the molecule is Cn1cc(CNC2CCC(C(=O)O)CC2)c2ccccc21.